The first kappa shape index (κ1) is 20.0. The van der Waals surface area contributed by atoms with Crippen LogP contribution in [0.2, 0.25) is 0 Å². The van der Waals surface area contributed by atoms with Crippen molar-refractivity contribution < 1.29 is 4.74 Å². The highest BCUT2D eigenvalue weighted by Crippen LogP contribution is 2.42. The molecule has 6 heteroatoms. The third-order valence-electron chi connectivity index (χ3n) is 4.66. The third kappa shape index (κ3) is 4.30. The van der Waals surface area contributed by atoms with Gasteiger partial charge in [0.1, 0.15) is 5.75 Å². The molecule has 1 N–H and O–H groups in total. The van der Waals surface area contributed by atoms with E-state index in [-0.39, 0.29) is 24.8 Å². The fourth-order valence-corrected chi connectivity index (χ4v) is 3.92. The van der Waals surface area contributed by atoms with E-state index in [1.807, 2.05) is 0 Å². The van der Waals surface area contributed by atoms with Gasteiger partial charge in [0.25, 0.3) is 0 Å². The molecule has 1 aliphatic carbocycles. The van der Waals surface area contributed by atoms with Gasteiger partial charge in [0.2, 0.25) is 0 Å². The van der Waals surface area contributed by atoms with Crippen molar-refractivity contribution in [2.75, 3.05) is 33.3 Å². The zero-order valence-corrected chi connectivity index (χ0v) is 16.1. The smallest absolute Gasteiger partial charge is 0.133 e. The van der Waals surface area contributed by atoms with Crippen molar-refractivity contribution >= 4 is 40.7 Å². The molecule has 3 rings (SSSR count). The summed E-state index contributed by atoms with van der Waals surface area (Å²) in [5.74, 6) is 1.75. The summed E-state index contributed by atoms with van der Waals surface area (Å²) in [5.41, 5.74) is 1.43. The Morgan fingerprint density at radius 3 is 2.41 bits per heavy atom. The van der Waals surface area contributed by atoms with E-state index in [9.17, 15) is 0 Å². The number of nitrogens with zero attached hydrogens (tertiary/aromatic N) is 1. The summed E-state index contributed by atoms with van der Waals surface area (Å²) in [5, 5.41) is 3.45. The van der Waals surface area contributed by atoms with Gasteiger partial charge >= 0.3 is 0 Å². The summed E-state index contributed by atoms with van der Waals surface area (Å²) in [6.45, 7) is 4.54. The van der Waals surface area contributed by atoms with E-state index >= 15 is 0 Å². The van der Waals surface area contributed by atoms with E-state index < -0.39 is 0 Å². The maximum atomic E-state index is 5.36. The Labute approximate surface area is 154 Å². The Morgan fingerprint density at radius 1 is 1.23 bits per heavy atom. The number of rotatable bonds is 4. The van der Waals surface area contributed by atoms with E-state index in [2.05, 4.69) is 44.3 Å². The van der Waals surface area contributed by atoms with Gasteiger partial charge in [0.05, 0.1) is 11.6 Å². The molecule has 1 saturated heterocycles. The van der Waals surface area contributed by atoms with Crippen molar-refractivity contribution in [1.29, 1.82) is 0 Å². The number of methoxy groups -OCH3 is 1. The van der Waals surface area contributed by atoms with Crippen LogP contribution in [0.5, 0.6) is 5.75 Å². The summed E-state index contributed by atoms with van der Waals surface area (Å²) < 4.78 is 6.42. The average Bonchev–Trinajstić information content (AvgIpc) is 2.43. The lowest BCUT2D eigenvalue weighted by molar-refractivity contribution is 0.0836. The molecule has 0 spiro atoms. The lowest BCUT2D eigenvalue weighted by Gasteiger charge is -2.43. The number of hydrogen-bond donors (Lipinski definition) is 1. The lowest BCUT2D eigenvalue weighted by Crippen LogP contribution is -2.47. The quantitative estimate of drug-likeness (QED) is 0.808. The van der Waals surface area contributed by atoms with Crippen LogP contribution in [0.15, 0.2) is 22.7 Å². The molecule has 126 valence electrons. The highest BCUT2D eigenvalue weighted by Gasteiger charge is 2.33. The third-order valence-corrected chi connectivity index (χ3v) is 5.28. The van der Waals surface area contributed by atoms with Crippen LogP contribution < -0.4 is 10.1 Å². The molecule has 0 unspecified atom stereocenters. The highest BCUT2D eigenvalue weighted by atomic mass is 79.9. The summed E-state index contributed by atoms with van der Waals surface area (Å²) in [6, 6.07) is 7.17. The molecule has 22 heavy (non-hydrogen) atoms. The molecule has 1 aromatic carbocycles. The number of benzene rings is 1. The molecule has 0 radical (unpaired) electrons. The maximum Gasteiger partial charge on any atom is 0.133 e. The Bertz CT molecular complexity index is 465. The van der Waals surface area contributed by atoms with E-state index in [0.717, 1.165) is 42.3 Å². The van der Waals surface area contributed by atoms with Crippen molar-refractivity contribution in [2.24, 2.45) is 5.92 Å². The van der Waals surface area contributed by atoms with Gasteiger partial charge in [-0.1, -0.05) is 12.5 Å². The second-order valence-electron chi connectivity index (χ2n) is 5.82. The van der Waals surface area contributed by atoms with Gasteiger partial charge in [0.15, 0.2) is 0 Å². The van der Waals surface area contributed by atoms with Crippen LogP contribution in [0.1, 0.15) is 30.9 Å². The first-order valence-electron chi connectivity index (χ1n) is 7.58. The molecule has 1 heterocycles. The molecule has 1 aromatic rings. The fraction of sp³-hybridized carbons (Fsp3) is 0.625. The number of ether oxygens (including phenoxy) is 1. The van der Waals surface area contributed by atoms with Gasteiger partial charge < -0.3 is 10.1 Å². The Kier molecular flexibility index (Phi) is 8.50. The lowest BCUT2D eigenvalue weighted by atomic mass is 9.76. The SMILES string of the molecule is COc1ccc([C@@H](C2CCC2)N2CCNCC2)cc1Br.Cl.Cl. The van der Waals surface area contributed by atoms with Crippen LogP contribution in [-0.4, -0.2) is 38.2 Å². The van der Waals surface area contributed by atoms with Crippen molar-refractivity contribution in [3.8, 4) is 5.75 Å². The zero-order valence-electron chi connectivity index (χ0n) is 12.9. The van der Waals surface area contributed by atoms with Crippen LogP contribution in [0.25, 0.3) is 0 Å². The van der Waals surface area contributed by atoms with Crippen LogP contribution >= 0.6 is 40.7 Å². The van der Waals surface area contributed by atoms with Gasteiger partial charge in [-0.2, -0.15) is 0 Å². The number of piperazine rings is 1. The van der Waals surface area contributed by atoms with Gasteiger partial charge in [0, 0.05) is 32.2 Å². The topological polar surface area (TPSA) is 24.5 Å². The molecule has 2 aliphatic rings. The summed E-state index contributed by atoms with van der Waals surface area (Å²) in [4.78, 5) is 2.66. The van der Waals surface area contributed by atoms with Crippen molar-refractivity contribution in [3.63, 3.8) is 0 Å². The standard InChI is InChI=1S/C16H23BrN2O.2ClH/c1-20-15-6-5-13(11-14(15)17)16(12-3-2-4-12)19-9-7-18-8-10-19;;/h5-6,11-12,16,18H,2-4,7-10H2,1H3;2*1H/t16-;;/m1../s1. The Hall–Kier alpha value is -0.000000000000000111. The monoisotopic (exact) mass is 410 g/mol. The fourth-order valence-electron chi connectivity index (χ4n) is 3.36. The summed E-state index contributed by atoms with van der Waals surface area (Å²) in [6.07, 6.45) is 4.14. The average molecular weight is 412 g/mol. The van der Waals surface area contributed by atoms with E-state index in [1.54, 1.807) is 7.11 Å². The minimum absolute atomic E-state index is 0. The van der Waals surface area contributed by atoms with E-state index in [4.69, 9.17) is 4.74 Å². The van der Waals surface area contributed by atoms with Crippen molar-refractivity contribution in [3.05, 3.63) is 28.2 Å². The minimum atomic E-state index is 0. The molecule has 1 atom stereocenters. The van der Waals surface area contributed by atoms with E-state index in [0.29, 0.717) is 6.04 Å². The number of halogens is 3. The highest BCUT2D eigenvalue weighted by molar-refractivity contribution is 9.10. The molecule has 0 bridgehead atoms. The molecular weight excluding hydrogens is 387 g/mol. The van der Waals surface area contributed by atoms with Gasteiger partial charge in [-0.05, 0) is 52.4 Å². The molecule has 1 aliphatic heterocycles. The van der Waals surface area contributed by atoms with Gasteiger partial charge in [-0.25, -0.2) is 0 Å². The molecule has 0 amide bonds. The van der Waals surface area contributed by atoms with Gasteiger partial charge in [-0.15, -0.1) is 24.8 Å². The second-order valence-corrected chi connectivity index (χ2v) is 6.67. The van der Waals surface area contributed by atoms with Crippen LogP contribution in [0, 0.1) is 5.92 Å². The summed E-state index contributed by atoms with van der Waals surface area (Å²) >= 11 is 3.63. The minimum Gasteiger partial charge on any atom is -0.496 e. The largest absolute Gasteiger partial charge is 0.496 e. The van der Waals surface area contributed by atoms with Crippen molar-refractivity contribution in [2.45, 2.75) is 25.3 Å². The first-order valence-corrected chi connectivity index (χ1v) is 8.37. The van der Waals surface area contributed by atoms with Crippen LogP contribution in [-0.2, 0) is 0 Å². The molecule has 2 fully saturated rings. The maximum absolute atomic E-state index is 5.36. The van der Waals surface area contributed by atoms with Crippen LogP contribution in [0.3, 0.4) is 0 Å². The summed E-state index contributed by atoms with van der Waals surface area (Å²) in [7, 11) is 1.72. The van der Waals surface area contributed by atoms with Crippen LogP contribution in [0.4, 0.5) is 0 Å². The molecule has 1 saturated carbocycles. The van der Waals surface area contributed by atoms with Crippen molar-refractivity contribution in [1.82, 2.24) is 10.2 Å². The predicted molar refractivity (Wildman–Crippen MR) is 99.7 cm³/mol. The second kappa shape index (κ2) is 9.33. The number of hydrogen-bond acceptors (Lipinski definition) is 3. The Balaban J connectivity index is 0.00000121. The number of nitrogens with one attached hydrogen (secondary N) is 1. The van der Waals surface area contributed by atoms with E-state index in [1.165, 1.54) is 24.8 Å². The normalized spacial score (nSPS) is 20.3. The molecule has 0 aromatic heterocycles. The molecule has 3 nitrogen and oxygen atoms in total. The molecular formula is C16H25BrCl2N2O. The predicted octanol–water partition coefficient (Wildman–Crippen LogP) is 4.05. The van der Waals surface area contributed by atoms with Gasteiger partial charge in [-0.3, -0.25) is 4.90 Å². The first-order chi connectivity index (χ1) is 9.79. The zero-order chi connectivity index (χ0) is 13.9. The Morgan fingerprint density at radius 2 is 1.91 bits per heavy atom.